The molecule has 0 aromatic heterocycles. The lowest BCUT2D eigenvalue weighted by Gasteiger charge is -2.31. The zero-order valence-electron chi connectivity index (χ0n) is 10.6. The van der Waals surface area contributed by atoms with E-state index in [1.807, 2.05) is 0 Å². The van der Waals surface area contributed by atoms with Crippen molar-refractivity contribution in [1.82, 2.24) is 5.32 Å². The Labute approximate surface area is 120 Å². The smallest absolute Gasteiger partial charge is 0.332 e. The molecule has 0 aliphatic heterocycles. The van der Waals surface area contributed by atoms with Gasteiger partial charge in [0, 0.05) is 5.92 Å². The van der Waals surface area contributed by atoms with Crippen LogP contribution < -0.4 is 11.1 Å². The SMILES string of the molecule is C[C@@H](N)C(=O)N[C@]1(C(=O)O)[C@H]2[C@@H](C[C@@H]1F)[C@@H]2C(=O)O.Cl. The lowest BCUT2D eigenvalue weighted by molar-refractivity contribution is -0.153. The fourth-order valence-corrected chi connectivity index (χ4v) is 3.07. The molecule has 0 aromatic carbocycles. The topological polar surface area (TPSA) is 130 Å². The zero-order chi connectivity index (χ0) is 14.5. The van der Waals surface area contributed by atoms with Crippen molar-refractivity contribution in [2.75, 3.05) is 0 Å². The Morgan fingerprint density at radius 1 is 1.40 bits per heavy atom. The minimum absolute atomic E-state index is 0. The first kappa shape index (κ1) is 16.6. The predicted octanol–water partition coefficient (Wildman–Crippen LogP) is -0.616. The van der Waals surface area contributed by atoms with E-state index in [4.69, 9.17) is 10.8 Å². The number of nitrogens with two attached hydrogens (primary N) is 1. The summed E-state index contributed by atoms with van der Waals surface area (Å²) in [5.74, 6) is -5.90. The molecule has 2 saturated carbocycles. The number of nitrogens with one attached hydrogen (secondary N) is 1. The summed E-state index contributed by atoms with van der Waals surface area (Å²) in [6.07, 6.45) is -1.98. The number of alkyl halides is 1. The maximum Gasteiger partial charge on any atom is 0.332 e. The summed E-state index contributed by atoms with van der Waals surface area (Å²) in [6.45, 7) is 1.34. The van der Waals surface area contributed by atoms with Gasteiger partial charge in [0.2, 0.25) is 5.91 Å². The van der Waals surface area contributed by atoms with Crippen LogP contribution >= 0.6 is 12.4 Å². The van der Waals surface area contributed by atoms with Crippen LogP contribution in [0.1, 0.15) is 13.3 Å². The van der Waals surface area contributed by atoms with Crippen molar-refractivity contribution in [3.05, 3.63) is 0 Å². The van der Waals surface area contributed by atoms with Crippen molar-refractivity contribution in [1.29, 1.82) is 0 Å². The van der Waals surface area contributed by atoms with Crippen LogP contribution in [-0.4, -0.2) is 45.8 Å². The summed E-state index contributed by atoms with van der Waals surface area (Å²) in [5.41, 5.74) is 3.16. The lowest BCUT2D eigenvalue weighted by Crippen LogP contribution is -2.63. The minimum Gasteiger partial charge on any atom is -0.481 e. The number of carboxylic acid groups (broad SMARTS) is 2. The molecule has 0 unspecified atom stereocenters. The number of aliphatic carboxylic acids is 2. The van der Waals surface area contributed by atoms with Gasteiger partial charge in [0.25, 0.3) is 0 Å². The molecule has 2 aliphatic rings. The quantitative estimate of drug-likeness (QED) is 0.548. The standard InChI is InChI=1S/C11H15FN2O5.ClH/c1-3(13)8(15)14-11(10(18)19)5(12)2-4-6(7(4)11)9(16)17;/h3-7H,2,13H2,1H3,(H,14,15)(H,16,17)(H,18,19);1H/t3-,4+,5+,6+,7+,11+;/m1./s1. The Balaban J connectivity index is 0.00000200. The number of rotatable bonds is 4. The lowest BCUT2D eigenvalue weighted by atomic mass is 9.88. The first-order valence-corrected chi connectivity index (χ1v) is 5.91. The highest BCUT2D eigenvalue weighted by Gasteiger charge is 2.76. The number of carboxylic acids is 2. The van der Waals surface area contributed by atoms with Crippen molar-refractivity contribution in [3.63, 3.8) is 0 Å². The highest BCUT2D eigenvalue weighted by atomic mass is 35.5. The van der Waals surface area contributed by atoms with Gasteiger partial charge in [-0.3, -0.25) is 9.59 Å². The van der Waals surface area contributed by atoms with Crippen LogP contribution in [0.5, 0.6) is 0 Å². The molecule has 0 saturated heterocycles. The molecule has 0 aromatic rings. The maximum atomic E-state index is 14.0. The molecular formula is C11H16ClFN2O5. The van der Waals surface area contributed by atoms with Crippen molar-refractivity contribution in [3.8, 4) is 0 Å². The van der Waals surface area contributed by atoms with Crippen LogP contribution in [-0.2, 0) is 14.4 Å². The van der Waals surface area contributed by atoms with Gasteiger partial charge >= 0.3 is 11.9 Å². The molecule has 9 heteroatoms. The molecule has 0 heterocycles. The van der Waals surface area contributed by atoms with Crippen LogP contribution in [0.4, 0.5) is 4.39 Å². The Hall–Kier alpha value is -1.41. The summed E-state index contributed by atoms with van der Waals surface area (Å²) in [7, 11) is 0. The van der Waals surface area contributed by atoms with E-state index >= 15 is 0 Å². The molecule has 7 nitrogen and oxygen atoms in total. The van der Waals surface area contributed by atoms with E-state index in [0.717, 1.165) is 0 Å². The number of carbonyl (C=O) groups excluding carboxylic acids is 1. The third-order valence-electron chi connectivity index (χ3n) is 4.05. The van der Waals surface area contributed by atoms with E-state index in [-0.39, 0.29) is 18.8 Å². The first-order valence-electron chi connectivity index (χ1n) is 5.91. The number of hydrogen-bond acceptors (Lipinski definition) is 4. The van der Waals surface area contributed by atoms with E-state index in [0.29, 0.717) is 0 Å². The van der Waals surface area contributed by atoms with E-state index in [1.54, 1.807) is 0 Å². The van der Waals surface area contributed by atoms with Gasteiger partial charge in [-0.15, -0.1) is 12.4 Å². The van der Waals surface area contributed by atoms with Crippen molar-refractivity contribution < 1.29 is 29.0 Å². The average molecular weight is 311 g/mol. The molecule has 1 amide bonds. The number of amides is 1. The second kappa shape index (κ2) is 5.17. The Bertz CT molecular complexity index is 460. The average Bonchev–Trinajstić information content (AvgIpc) is 2.92. The molecule has 5 N–H and O–H groups in total. The van der Waals surface area contributed by atoms with Gasteiger partial charge < -0.3 is 21.3 Å². The largest absolute Gasteiger partial charge is 0.481 e. The molecule has 20 heavy (non-hydrogen) atoms. The molecule has 114 valence electrons. The van der Waals surface area contributed by atoms with Gasteiger partial charge in [0.05, 0.1) is 12.0 Å². The first-order chi connectivity index (χ1) is 8.73. The number of halogens is 2. The van der Waals surface area contributed by atoms with Gasteiger partial charge in [0.15, 0.2) is 5.54 Å². The number of fused-ring (bicyclic) bond motifs is 1. The minimum atomic E-state index is -2.17. The molecule has 2 aliphatic carbocycles. The van der Waals surface area contributed by atoms with Gasteiger partial charge in [0.1, 0.15) is 6.17 Å². The van der Waals surface area contributed by atoms with Crippen molar-refractivity contribution >= 4 is 30.3 Å². The van der Waals surface area contributed by atoms with Gasteiger partial charge in [-0.2, -0.15) is 0 Å². The molecule has 6 atom stereocenters. The van der Waals surface area contributed by atoms with E-state index in [2.05, 4.69) is 5.32 Å². The molecule has 2 rings (SSSR count). The third-order valence-corrected chi connectivity index (χ3v) is 4.05. The van der Waals surface area contributed by atoms with Gasteiger partial charge in [-0.25, -0.2) is 9.18 Å². The highest BCUT2D eigenvalue weighted by Crippen LogP contribution is 2.63. The summed E-state index contributed by atoms with van der Waals surface area (Å²) in [5, 5.41) is 20.3. The summed E-state index contributed by atoms with van der Waals surface area (Å²) >= 11 is 0. The molecule has 0 bridgehead atoms. The van der Waals surface area contributed by atoms with Crippen LogP contribution in [0.3, 0.4) is 0 Å². The van der Waals surface area contributed by atoms with E-state index in [9.17, 15) is 23.9 Å². The number of carbonyl (C=O) groups is 3. The Morgan fingerprint density at radius 2 is 1.95 bits per heavy atom. The van der Waals surface area contributed by atoms with Crippen LogP contribution in [0.15, 0.2) is 0 Å². The predicted molar refractivity (Wildman–Crippen MR) is 67.0 cm³/mol. The highest BCUT2D eigenvalue weighted by molar-refractivity contribution is 5.92. The van der Waals surface area contributed by atoms with Crippen molar-refractivity contribution in [2.24, 2.45) is 23.5 Å². The second-order valence-corrected chi connectivity index (χ2v) is 5.21. The van der Waals surface area contributed by atoms with Gasteiger partial charge in [-0.1, -0.05) is 0 Å². The number of hydrogen-bond donors (Lipinski definition) is 4. The van der Waals surface area contributed by atoms with Crippen LogP contribution in [0.2, 0.25) is 0 Å². The Kier molecular flexibility index (Phi) is 4.31. The second-order valence-electron chi connectivity index (χ2n) is 5.21. The Morgan fingerprint density at radius 3 is 2.35 bits per heavy atom. The third kappa shape index (κ3) is 2.12. The summed E-state index contributed by atoms with van der Waals surface area (Å²) in [6, 6.07) is -0.996. The van der Waals surface area contributed by atoms with Crippen LogP contribution in [0, 0.1) is 17.8 Å². The normalized spacial score (nSPS) is 39.1. The molecule has 2 fully saturated rings. The summed E-state index contributed by atoms with van der Waals surface area (Å²) < 4.78 is 14.0. The van der Waals surface area contributed by atoms with Gasteiger partial charge in [-0.05, 0) is 19.3 Å². The van der Waals surface area contributed by atoms with Crippen molar-refractivity contribution in [2.45, 2.75) is 31.1 Å². The molecule has 0 radical (unpaired) electrons. The zero-order valence-corrected chi connectivity index (χ0v) is 11.4. The van der Waals surface area contributed by atoms with Crippen LogP contribution in [0.25, 0.3) is 0 Å². The van der Waals surface area contributed by atoms with E-state index < -0.39 is 53.4 Å². The monoisotopic (exact) mass is 310 g/mol. The molecule has 0 spiro atoms. The fraction of sp³-hybridized carbons (Fsp3) is 0.727. The maximum absolute atomic E-state index is 14.0. The summed E-state index contributed by atoms with van der Waals surface area (Å²) in [4.78, 5) is 33.9. The molecular weight excluding hydrogens is 295 g/mol. The fourth-order valence-electron chi connectivity index (χ4n) is 3.07. The van der Waals surface area contributed by atoms with E-state index in [1.165, 1.54) is 6.92 Å².